The van der Waals surface area contributed by atoms with E-state index in [0.29, 0.717) is 5.17 Å². The predicted octanol–water partition coefficient (Wildman–Crippen LogP) is 3.56. The Morgan fingerprint density at radius 1 is 1.19 bits per heavy atom. The first kappa shape index (κ1) is 20.7. The zero-order valence-corrected chi connectivity index (χ0v) is 18.2. The third-order valence-corrected chi connectivity index (χ3v) is 5.93. The Hall–Kier alpha value is -3.59. The van der Waals surface area contributed by atoms with Crippen molar-refractivity contribution in [3.8, 4) is 5.75 Å². The fraction of sp³-hybridized carbons (Fsp3) is 0.182. The van der Waals surface area contributed by atoms with Crippen molar-refractivity contribution in [2.24, 2.45) is 10.2 Å². The summed E-state index contributed by atoms with van der Waals surface area (Å²) in [6, 6.07) is 7.99. The largest absolute Gasteiger partial charge is 0.497 e. The normalized spacial score (nSPS) is 16.7. The van der Waals surface area contributed by atoms with Gasteiger partial charge in [-0.05, 0) is 66.6 Å². The molecule has 0 aliphatic carbocycles. The van der Waals surface area contributed by atoms with Gasteiger partial charge in [0.15, 0.2) is 5.17 Å². The van der Waals surface area contributed by atoms with Crippen LogP contribution < -0.4 is 10.1 Å². The lowest BCUT2D eigenvalue weighted by Crippen LogP contribution is -2.19. The average Bonchev–Trinajstić information content (AvgIpc) is 3.31. The van der Waals surface area contributed by atoms with Crippen LogP contribution in [0.4, 0.5) is 0 Å². The molecule has 0 bridgehead atoms. The quantitative estimate of drug-likeness (QED) is 0.282. The van der Waals surface area contributed by atoms with E-state index >= 15 is 0 Å². The number of ether oxygens (including phenoxy) is 2. The molecule has 4 rings (SSSR count). The van der Waals surface area contributed by atoms with Crippen LogP contribution in [0.25, 0.3) is 21.8 Å². The number of hydrogen-bond donors (Lipinski definition) is 2. The second kappa shape index (κ2) is 8.27. The van der Waals surface area contributed by atoms with Gasteiger partial charge in [0.25, 0.3) is 5.91 Å². The molecule has 9 heteroatoms. The number of aromatic nitrogens is 1. The minimum atomic E-state index is -0.600. The van der Waals surface area contributed by atoms with Crippen LogP contribution >= 0.6 is 11.8 Å². The SMILES string of the molecule is COC(=O)/C=C1/S/C(=N\N=Cc2cc(C)c3[nH]c4ccc(OC)cc4c3c2C)NC1=O. The molecule has 1 saturated heterocycles. The third kappa shape index (κ3) is 3.91. The van der Waals surface area contributed by atoms with Crippen molar-refractivity contribution in [1.82, 2.24) is 10.3 Å². The molecule has 2 N–H and O–H groups in total. The van der Waals surface area contributed by atoms with Crippen molar-refractivity contribution in [2.45, 2.75) is 13.8 Å². The number of amidine groups is 1. The highest BCUT2D eigenvalue weighted by Crippen LogP contribution is 2.34. The molecule has 31 heavy (non-hydrogen) atoms. The molecule has 2 aromatic carbocycles. The maximum Gasteiger partial charge on any atom is 0.331 e. The highest BCUT2D eigenvalue weighted by molar-refractivity contribution is 8.18. The molecular weight excluding hydrogens is 416 g/mol. The minimum Gasteiger partial charge on any atom is -0.497 e. The van der Waals surface area contributed by atoms with Crippen molar-refractivity contribution >= 4 is 56.8 Å². The number of hydrogen-bond acceptors (Lipinski definition) is 7. The number of aromatic amines is 1. The van der Waals surface area contributed by atoms with Gasteiger partial charge < -0.3 is 14.5 Å². The summed E-state index contributed by atoms with van der Waals surface area (Å²) in [7, 11) is 2.90. The second-order valence-corrected chi connectivity index (χ2v) is 7.96. The Kier molecular flexibility index (Phi) is 5.51. The van der Waals surface area contributed by atoms with Gasteiger partial charge in [-0.2, -0.15) is 5.10 Å². The molecule has 0 atom stereocenters. The maximum atomic E-state index is 11.9. The van der Waals surface area contributed by atoms with Crippen LogP contribution in [0.1, 0.15) is 16.7 Å². The number of rotatable bonds is 4. The first-order valence-electron chi connectivity index (χ1n) is 9.40. The number of amides is 1. The zero-order chi connectivity index (χ0) is 22.1. The summed E-state index contributed by atoms with van der Waals surface area (Å²) in [5.41, 5.74) is 5.15. The van der Waals surface area contributed by atoms with Crippen LogP contribution in [0.5, 0.6) is 5.75 Å². The van der Waals surface area contributed by atoms with Crippen molar-refractivity contribution in [2.75, 3.05) is 14.2 Å². The summed E-state index contributed by atoms with van der Waals surface area (Å²) in [5, 5.41) is 13.3. The van der Waals surface area contributed by atoms with E-state index in [4.69, 9.17) is 4.74 Å². The highest BCUT2D eigenvalue weighted by Gasteiger charge is 2.25. The molecule has 0 saturated carbocycles. The van der Waals surface area contributed by atoms with E-state index in [2.05, 4.69) is 25.2 Å². The summed E-state index contributed by atoms with van der Waals surface area (Å²) < 4.78 is 9.93. The lowest BCUT2D eigenvalue weighted by atomic mass is 9.99. The van der Waals surface area contributed by atoms with Gasteiger partial charge in [-0.1, -0.05) is 0 Å². The number of carbonyl (C=O) groups excluding carboxylic acids is 2. The zero-order valence-electron chi connectivity index (χ0n) is 17.4. The van der Waals surface area contributed by atoms with Crippen LogP contribution in [0.3, 0.4) is 0 Å². The number of benzene rings is 2. The van der Waals surface area contributed by atoms with E-state index in [1.165, 1.54) is 7.11 Å². The van der Waals surface area contributed by atoms with Crippen molar-refractivity contribution in [3.63, 3.8) is 0 Å². The maximum absolute atomic E-state index is 11.9. The number of carbonyl (C=O) groups is 2. The van der Waals surface area contributed by atoms with Gasteiger partial charge >= 0.3 is 5.97 Å². The van der Waals surface area contributed by atoms with Crippen LogP contribution in [0.15, 0.2) is 45.4 Å². The van der Waals surface area contributed by atoms with E-state index in [-0.39, 0.29) is 4.91 Å². The number of methoxy groups -OCH3 is 2. The first-order valence-corrected chi connectivity index (χ1v) is 10.2. The van der Waals surface area contributed by atoms with Crippen molar-refractivity contribution in [3.05, 3.63) is 51.9 Å². The molecule has 1 aromatic heterocycles. The van der Waals surface area contributed by atoms with Crippen molar-refractivity contribution < 1.29 is 19.1 Å². The van der Waals surface area contributed by atoms with Gasteiger partial charge in [0.05, 0.1) is 25.3 Å². The Balaban J connectivity index is 1.68. The Morgan fingerprint density at radius 3 is 2.74 bits per heavy atom. The van der Waals surface area contributed by atoms with Crippen LogP contribution in [0, 0.1) is 13.8 Å². The number of nitrogens with zero attached hydrogens (tertiary/aromatic N) is 2. The van der Waals surface area contributed by atoms with Gasteiger partial charge in [-0.3, -0.25) is 10.1 Å². The molecule has 158 valence electrons. The summed E-state index contributed by atoms with van der Waals surface area (Å²) in [4.78, 5) is 26.9. The molecule has 3 aromatic rings. The fourth-order valence-electron chi connectivity index (χ4n) is 3.46. The van der Waals surface area contributed by atoms with Gasteiger partial charge in [-0.15, -0.1) is 5.10 Å². The molecule has 0 spiro atoms. The third-order valence-electron chi connectivity index (χ3n) is 5.03. The van der Waals surface area contributed by atoms with E-state index in [0.717, 1.165) is 62.1 Å². The molecule has 8 nitrogen and oxygen atoms in total. The second-order valence-electron chi connectivity index (χ2n) is 6.93. The average molecular weight is 436 g/mol. The van der Waals surface area contributed by atoms with Crippen LogP contribution in [0.2, 0.25) is 0 Å². The lowest BCUT2D eigenvalue weighted by molar-refractivity contribution is -0.135. The molecular formula is C22H20N4O4S. The lowest BCUT2D eigenvalue weighted by Gasteiger charge is -2.06. The van der Waals surface area contributed by atoms with Gasteiger partial charge in [-0.25, -0.2) is 4.79 Å². The number of H-pyrrole nitrogens is 1. The Bertz CT molecular complexity index is 1320. The molecule has 1 fully saturated rings. The predicted molar refractivity (Wildman–Crippen MR) is 123 cm³/mol. The van der Waals surface area contributed by atoms with Crippen molar-refractivity contribution in [1.29, 1.82) is 0 Å². The smallest absolute Gasteiger partial charge is 0.331 e. The Morgan fingerprint density at radius 2 is 2.00 bits per heavy atom. The highest BCUT2D eigenvalue weighted by atomic mass is 32.2. The fourth-order valence-corrected chi connectivity index (χ4v) is 4.20. The summed E-state index contributed by atoms with van der Waals surface area (Å²) in [5.74, 6) is -0.219. The van der Waals surface area contributed by atoms with Gasteiger partial charge in [0, 0.05) is 27.9 Å². The number of aryl methyl sites for hydroxylation is 2. The topological polar surface area (TPSA) is 105 Å². The number of thioether (sulfide) groups is 1. The molecule has 1 aliphatic heterocycles. The first-order chi connectivity index (χ1) is 14.9. The van der Waals surface area contributed by atoms with E-state index in [1.54, 1.807) is 13.3 Å². The monoisotopic (exact) mass is 436 g/mol. The Labute approximate surface area is 182 Å². The summed E-state index contributed by atoms with van der Waals surface area (Å²) in [6.07, 6.45) is 2.78. The molecule has 1 aliphatic rings. The van der Waals surface area contributed by atoms with Crippen LogP contribution in [-0.2, 0) is 14.3 Å². The molecule has 0 unspecified atom stereocenters. The number of esters is 1. The molecule has 1 amide bonds. The van der Waals surface area contributed by atoms with E-state index < -0.39 is 11.9 Å². The molecule has 2 heterocycles. The summed E-state index contributed by atoms with van der Waals surface area (Å²) in [6.45, 7) is 4.07. The summed E-state index contributed by atoms with van der Waals surface area (Å²) >= 11 is 1.03. The van der Waals surface area contributed by atoms with Gasteiger partial charge in [0.1, 0.15) is 5.75 Å². The van der Waals surface area contributed by atoms with Crippen LogP contribution in [-0.4, -0.2) is 42.5 Å². The number of fused-ring (bicyclic) bond motifs is 3. The number of nitrogens with one attached hydrogen (secondary N) is 2. The molecule has 0 radical (unpaired) electrons. The van der Waals surface area contributed by atoms with Gasteiger partial charge in [0.2, 0.25) is 0 Å². The standard InChI is InChI=1S/C22H20N4O4S/c1-11-7-13(10-23-26-22-25-21(28)17(31-22)9-18(27)30-4)12(2)19-15-8-14(29-3)5-6-16(15)24-20(11)19/h5-10,24H,1-4H3,(H,25,26,28)/b17-9+,23-10?. The van der Waals surface area contributed by atoms with E-state index in [1.807, 2.05) is 38.1 Å². The minimum absolute atomic E-state index is 0.210. The van der Waals surface area contributed by atoms with E-state index in [9.17, 15) is 9.59 Å².